The maximum Gasteiger partial charge on any atom is 0.279 e. The van der Waals surface area contributed by atoms with Gasteiger partial charge in [-0.05, 0) is 31.2 Å². The summed E-state index contributed by atoms with van der Waals surface area (Å²) >= 11 is 0. The maximum absolute atomic E-state index is 13.7. The Balaban J connectivity index is 1.99. The normalized spacial score (nSPS) is 19.3. The van der Waals surface area contributed by atoms with Crippen LogP contribution in [0.1, 0.15) is 6.42 Å². The first kappa shape index (κ1) is 11.2. The molecular weight excluding hydrogens is 233 g/mol. The van der Waals surface area contributed by atoms with Crippen LogP contribution < -0.4 is 16.2 Å². The Bertz CT molecular complexity index is 632. The topological polar surface area (TPSA) is 46.1 Å². The summed E-state index contributed by atoms with van der Waals surface area (Å²) < 4.78 is 13.7. The number of benzene rings is 1. The summed E-state index contributed by atoms with van der Waals surface area (Å²) in [5.74, 6) is 0. The van der Waals surface area contributed by atoms with Crippen molar-refractivity contribution in [1.29, 1.82) is 0 Å². The smallest absolute Gasteiger partial charge is 0.279 e. The summed E-state index contributed by atoms with van der Waals surface area (Å²) in [7, 11) is 0. The monoisotopic (exact) mass is 247 g/mol. The van der Waals surface area contributed by atoms with Gasteiger partial charge in [-0.3, -0.25) is 4.79 Å². The number of rotatable bonds is 2. The van der Waals surface area contributed by atoms with Crippen LogP contribution in [0, 0.1) is 0 Å². The molecule has 1 saturated heterocycles. The molecule has 1 aliphatic heterocycles. The first-order valence-electron chi connectivity index (χ1n) is 6.03. The highest BCUT2D eigenvalue weighted by Crippen LogP contribution is 2.19. The Kier molecular flexibility index (Phi) is 2.76. The van der Waals surface area contributed by atoms with E-state index in [1.54, 1.807) is 12.1 Å². The molecule has 2 heterocycles. The Morgan fingerprint density at radius 2 is 2.17 bits per heavy atom. The molecule has 1 aromatic carbocycles. The highest BCUT2D eigenvalue weighted by Gasteiger charge is 2.14. The molecule has 2 N–H and O–H groups in total. The largest absolute Gasteiger partial charge is 0.381 e. The fourth-order valence-electron chi connectivity index (χ4n) is 2.30. The van der Waals surface area contributed by atoms with Crippen molar-refractivity contribution in [2.45, 2.75) is 12.5 Å². The molecule has 94 valence electrons. The van der Waals surface area contributed by atoms with Gasteiger partial charge in [-0.25, -0.2) is 0 Å². The molecule has 0 saturated carbocycles. The fourth-order valence-corrected chi connectivity index (χ4v) is 2.30. The third-order valence-electron chi connectivity index (χ3n) is 3.27. The van der Waals surface area contributed by atoms with E-state index in [0.717, 1.165) is 25.2 Å². The van der Waals surface area contributed by atoms with E-state index in [1.165, 1.54) is 6.07 Å². The number of fused-ring (bicyclic) bond motifs is 1. The lowest BCUT2D eigenvalue weighted by molar-refractivity contribution is 0.371. The van der Waals surface area contributed by atoms with Gasteiger partial charge in [0, 0.05) is 29.7 Å². The first-order chi connectivity index (χ1) is 8.74. The molecule has 3 rings (SSSR count). The van der Waals surface area contributed by atoms with E-state index in [9.17, 15) is 9.28 Å². The van der Waals surface area contributed by atoms with E-state index in [0.29, 0.717) is 16.9 Å². The maximum atomic E-state index is 13.7. The Morgan fingerprint density at radius 1 is 1.33 bits per heavy atom. The van der Waals surface area contributed by atoms with Crippen molar-refractivity contribution in [2.24, 2.45) is 0 Å². The standard InChI is InChI=1S/C13H14FN3O/c14-17-12-7-10(16-11-5-6-15-8-11)3-1-9(12)2-4-13(17)18/h1-4,7,11,15-16H,5-6,8H2. The van der Waals surface area contributed by atoms with Crippen molar-refractivity contribution in [3.63, 3.8) is 0 Å². The minimum atomic E-state index is -0.637. The molecule has 4 nitrogen and oxygen atoms in total. The molecule has 18 heavy (non-hydrogen) atoms. The molecule has 5 heteroatoms. The predicted molar refractivity (Wildman–Crippen MR) is 69.6 cm³/mol. The Morgan fingerprint density at radius 3 is 2.94 bits per heavy atom. The summed E-state index contributed by atoms with van der Waals surface area (Å²) in [5.41, 5.74) is 0.508. The van der Waals surface area contributed by atoms with Gasteiger partial charge in [0.15, 0.2) is 0 Å². The third-order valence-corrected chi connectivity index (χ3v) is 3.27. The van der Waals surface area contributed by atoms with Gasteiger partial charge in [0.25, 0.3) is 5.56 Å². The molecule has 2 aromatic rings. The van der Waals surface area contributed by atoms with E-state index in [2.05, 4.69) is 10.6 Å². The molecular formula is C13H14FN3O. The van der Waals surface area contributed by atoms with Crippen molar-refractivity contribution in [3.8, 4) is 0 Å². The number of halogens is 1. The van der Waals surface area contributed by atoms with Crippen molar-refractivity contribution in [2.75, 3.05) is 18.4 Å². The molecule has 1 unspecified atom stereocenters. The van der Waals surface area contributed by atoms with Gasteiger partial charge in [-0.15, -0.1) is 4.79 Å². The number of aromatic nitrogens is 1. The van der Waals surface area contributed by atoms with Crippen molar-refractivity contribution >= 4 is 16.6 Å². The van der Waals surface area contributed by atoms with Gasteiger partial charge in [0.05, 0.1) is 5.52 Å². The fraction of sp³-hybridized carbons (Fsp3) is 0.308. The minimum Gasteiger partial charge on any atom is -0.381 e. The lowest BCUT2D eigenvalue weighted by Crippen LogP contribution is -2.22. The summed E-state index contributed by atoms with van der Waals surface area (Å²) in [4.78, 5) is 11.4. The van der Waals surface area contributed by atoms with Crippen LogP contribution in [0.2, 0.25) is 0 Å². The summed E-state index contributed by atoms with van der Waals surface area (Å²) in [6.07, 6.45) is 1.05. The van der Waals surface area contributed by atoms with Crippen LogP contribution in [0.3, 0.4) is 0 Å². The zero-order valence-electron chi connectivity index (χ0n) is 9.82. The van der Waals surface area contributed by atoms with Crippen LogP contribution in [0.25, 0.3) is 10.9 Å². The number of anilines is 1. The van der Waals surface area contributed by atoms with Crippen LogP contribution in [-0.4, -0.2) is 23.9 Å². The third kappa shape index (κ3) is 1.97. The average Bonchev–Trinajstić information content (AvgIpc) is 2.87. The van der Waals surface area contributed by atoms with Gasteiger partial charge in [-0.2, -0.15) is 0 Å². The number of nitrogens with zero attached hydrogens (tertiary/aromatic N) is 1. The zero-order chi connectivity index (χ0) is 12.5. The minimum absolute atomic E-state index is 0.188. The van der Waals surface area contributed by atoms with Crippen LogP contribution in [0.5, 0.6) is 0 Å². The van der Waals surface area contributed by atoms with E-state index >= 15 is 0 Å². The molecule has 0 amide bonds. The molecule has 1 aliphatic rings. The van der Waals surface area contributed by atoms with Crippen LogP contribution in [0.15, 0.2) is 35.1 Å². The van der Waals surface area contributed by atoms with Crippen LogP contribution >= 0.6 is 0 Å². The molecule has 1 fully saturated rings. The van der Waals surface area contributed by atoms with E-state index in [4.69, 9.17) is 0 Å². The number of hydrogen-bond acceptors (Lipinski definition) is 3. The number of pyridine rings is 1. The molecule has 0 radical (unpaired) electrons. The van der Waals surface area contributed by atoms with E-state index in [-0.39, 0.29) is 4.79 Å². The first-order valence-corrected chi connectivity index (χ1v) is 6.03. The highest BCUT2D eigenvalue weighted by molar-refractivity contribution is 5.82. The van der Waals surface area contributed by atoms with Crippen molar-refractivity contribution < 1.29 is 4.48 Å². The second-order valence-corrected chi connectivity index (χ2v) is 4.56. The van der Waals surface area contributed by atoms with Gasteiger partial charge >= 0.3 is 0 Å². The Labute approximate surface area is 103 Å². The highest BCUT2D eigenvalue weighted by atomic mass is 19.2. The lowest BCUT2D eigenvalue weighted by Gasteiger charge is -2.13. The summed E-state index contributed by atoms with van der Waals surface area (Å²) in [6.45, 7) is 1.91. The van der Waals surface area contributed by atoms with E-state index < -0.39 is 5.56 Å². The molecule has 0 aliphatic carbocycles. The summed E-state index contributed by atoms with van der Waals surface area (Å²) in [5, 5.41) is 7.31. The molecule has 1 aromatic heterocycles. The van der Waals surface area contributed by atoms with E-state index in [1.807, 2.05) is 12.1 Å². The van der Waals surface area contributed by atoms with Crippen LogP contribution in [0.4, 0.5) is 10.2 Å². The van der Waals surface area contributed by atoms with Gasteiger partial charge in [0.1, 0.15) is 0 Å². The second kappa shape index (κ2) is 4.42. The van der Waals surface area contributed by atoms with Gasteiger partial charge in [-0.1, -0.05) is 10.5 Å². The molecule has 0 bridgehead atoms. The SMILES string of the molecule is O=c1ccc2ccc(NC3CCNC3)cc2n1F. The van der Waals surface area contributed by atoms with Gasteiger partial charge < -0.3 is 10.6 Å². The Hall–Kier alpha value is -1.88. The van der Waals surface area contributed by atoms with Crippen molar-refractivity contribution in [3.05, 3.63) is 40.7 Å². The van der Waals surface area contributed by atoms with Crippen LogP contribution in [-0.2, 0) is 0 Å². The predicted octanol–water partition coefficient (Wildman–Crippen LogP) is 1.51. The molecule has 0 spiro atoms. The van der Waals surface area contributed by atoms with Gasteiger partial charge in [0.2, 0.25) is 0 Å². The quantitative estimate of drug-likeness (QED) is 0.845. The molecule has 1 atom stereocenters. The average molecular weight is 247 g/mol. The second-order valence-electron chi connectivity index (χ2n) is 4.56. The zero-order valence-corrected chi connectivity index (χ0v) is 9.82. The number of nitrogens with one attached hydrogen (secondary N) is 2. The van der Waals surface area contributed by atoms with Crippen molar-refractivity contribution in [1.82, 2.24) is 10.1 Å². The number of hydrogen-bond donors (Lipinski definition) is 2. The summed E-state index contributed by atoms with van der Waals surface area (Å²) in [6, 6.07) is 8.63. The lowest BCUT2D eigenvalue weighted by atomic mass is 10.2.